The molecule has 2 heterocycles. The number of rotatable bonds is 3. The Morgan fingerprint density at radius 3 is 2.57 bits per heavy atom. The van der Waals surface area contributed by atoms with Gasteiger partial charge in [-0.15, -0.1) is 0 Å². The van der Waals surface area contributed by atoms with Crippen LogP contribution < -0.4 is 11.7 Å². The van der Waals surface area contributed by atoms with Crippen LogP contribution in [0, 0.1) is 13.8 Å². The number of hydrogen-bond acceptors (Lipinski definition) is 2. The Hall–Kier alpha value is -1.82. The van der Waals surface area contributed by atoms with Crippen LogP contribution in [0.15, 0.2) is 67.4 Å². The van der Waals surface area contributed by atoms with Crippen molar-refractivity contribution >= 4 is 38.0 Å². The molecule has 116 valence electrons. The molecule has 0 bridgehead atoms. The fourth-order valence-electron chi connectivity index (χ4n) is 3.11. The van der Waals surface area contributed by atoms with E-state index in [4.69, 9.17) is 0 Å². The summed E-state index contributed by atoms with van der Waals surface area (Å²) in [5.74, 6) is 0. The summed E-state index contributed by atoms with van der Waals surface area (Å²) in [6, 6.07) is 15.5. The van der Waals surface area contributed by atoms with Crippen LogP contribution in [0.5, 0.6) is 0 Å². The van der Waals surface area contributed by atoms with E-state index in [0.29, 0.717) is 0 Å². The van der Waals surface area contributed by atoms with Crippen molar-refractivity contribution in [2.45, 2.75) is 13.8 Å². The molecule has 2 nitrogen and oxygen atoms in total. The standard InChI is InChI=1S/C20H20N2Te/c1-4-11-21-18-13-15(2)16(3)14-19(18)23-20(21)10-12-22(23)17-8-6-5-7-9-17/h4-10,12-14H,1,11H2,2-3H3. The van der Waals surface area contributed by atoms with Crippen molar-refractivity contribution in [3.63, 3.8) is 0 Å². The molecular formula is C20H20N2Te. The first-order chi connectivity index (χ1) is 11.2. The Labute approximate surface area is 144 Å². The van der Waals surface area contributed by atoms with Gasteiger partial charge in [-0.3, -0.25) is 0 Å². The number of nitrogens with zero attached hydrogens (tertiary/aromatic N) is 2. The Balaban J connectivity index is 1.89. The van der Waals surface area contributed by atoms with Gasteiger partial charge in [-0.1, -0.05) is 0 Å². The van der Waals surface area contributed by atoms with E-state index in [2.05, 4.69) is 83.2 Å². The van der Waals surface area contributed by atoms with E-state index >= 15 is 0 Å². The van der Waals surface area contributed by atoms with Gasteiger partial charge >= 0.3 is 145 Å². The third kappa shape index (κ3) is 2.27. The van der Waals surface area contributed by atoms with Crippen molar-refractivity contribution in [3.05, 3.63) is 78.5 Å². The average Bonchev–Trinajstić information content (AvgIpc) is 3.10. The Morgan fingerprint density at radius 2 is 1.83 bits per heavy atom. The molecule has 2 aliphatic rings. The van der Waals surface area contributed by atoms with E-state index in [9.17, 15) is 0 Å². The van der Waals surface area contributed by atoms with Crippen molar-refractivity contribution in [3.8, 4) is 0 Å². The quantitative estimate of drug-likeness (QED) is 0.561. The van der Waals surface area contributed by atoms with Gasteiger partial charge in [0.05, 0.1) is 0 Å². The third-order valence-corrected chi connectivity index (χ3v) is 10.8. The fourth-order valence-corrected chi connectivity index (χ4v) is 9.91. The molecule has 0 spiro atoms. The SMILES string of the molecule is C=CCN1C2=[Te](c3cc(C)c(C)cc31)N(c1ccccc1)C=C2. The Bertz CT molecular complexity index is 849. The zero-order valence-electron chi connectivity index (χ0n) is 13.5. The number of anilines is 2. The van der Waals surface area contributed by atoms with Crippen molar-refractivity contribution < 1.29 is 0 Å². The van der Waals surface area contributed by atoms with Crippen molar-refractivity contribution in [1.29, 1.82) is 0 Å². The molecular weight excluding hydrogens is 396 g/mol. The number of hydrogen-bond donors (Lipinski definition) is 0. The van der Waals surface area contributed by atoms with Crippen LogP contribution in [0.1, 0.15) is 11.1 Å². The third-order valence-electron chi connectivity index (χ3n) is 4.41. The average molecular weight is 416 g/mol. The van der Waals surface area contributed by atoms with Crippen LogP contribution >= 0.6 is 0 Å². The van der Waals surface area contributed by atoms with E-state index in [1.54, 1.807) is 3.61 Å². The van der Waals surface area contributed by atoms with Gasteiger partial charge in [-0.25, -0.2) is 0 Å². The second kappa shape index (κ2) is 5.67. The molecule has 0 atom stereocenters. The zero-order chi connectivity index (χ0) is 16.0. The normalized spacial score (nSPS) is 16.0. The van der Waals surface area contributed by atoms with E-state index < -0.39 is 19.3 Å². The first kappa shape index (κ1) is 14.8. The molecule has 23 heavy (non-hydrogen) atoms. The number of aryl methyl sites for hydroxylation is 2. The monoisotopic (exact) mass is 418 g/mol. The first-order valence-corrected chi connectivity index (χ1v) is 11.2. The van der Waals surface area contributed by atoms with E-state index in [1.165, 1.54) is 26.2 Å². The summed E-state index contributed by atoms with van der Waals surface area (Å²) >= 11 is -1.78. The molecule has 2 aromatic carbocycles. The van der Waals surface area contributed by atoms with Gasteiger partial charge in [0.15, 0.2) is 0 Å². The number of fused-ring (bicyclic) bond motifs is 2. The summed E-state index contributed by atoms with van der Waals surface area (Å²) in [6.45, 7) is 9.27. The molecule has 0 amide bonds. The summed E-state index contributed by atoms with van der Waals surface area (Å²) in [5, 5.41) is 0. The molecule has 0 aromatic heterocycles. The van der Waals surface area contributed by atoms with E-state index in [-0.39, 0.29) is 0 Å². The molecule has 0 saturated heterocycles. The molecule has 3 heteroatoms. The first-order valence-electron chi connectivity index (χ1n) is 7.84. The van der Waals surface area contributed by atoms with Crippen LogP contribution in [-0.2, 0) is 0 Å². The van der Waals surface area contributed by atoms with Crippen molar-refractivity contribution in [2.24, 2.45) is 0 Å². The van der Waals surface area contributed by atoms with Crippen LogP contribution in [0.25, 0.3) is 0 Å². The molecule has 4 rings (SSSR count). The predicted octanol–water partition coefficient (Wildman–Crippen LogP) is 3.25. The van der Waals surface area contributed by atoms with E-state index in [1.807, 2.05) is 6.08 Å². The maximum absolute atomic E-state index is 3.95. The topological polar surface area (TPSA) is 6.48 Å². The summed E-state index contributed by atoms with van der Waals surface area (Å²) in [7, 11) is 0. The molecule has 0 fully saturated rings. The Morgan fingerprint density at radius 1 is 1.09 bits per heavy atom. The second-order valence-electron chi connectivity index (χ2n) is 5.90. The van der Waals surface area contributed by atoms with Crippen LogP contribution in [0.2, 0.25) is 0 Å². The summed E-state index contributed by atoms with van der Waals surface area (Å²) in [4.78, 5) is 2.46. The second-order valence-corrected chi connectivity index (χ2v) is 11.1. The molecule has 0 aliphatic carbocycles. The van der Waals surface area contributed by atoms with Crippen LogP contribution in [0.3, 0.4) is 0 Å². The summed E-state index contributed by atoms with van der Waals surface area (Å²) in [5.41, 5.74) is 5.46. The minimum absolute atomic E-state index is 0.884. The molecule has 0 saturated carbocycles. The molecule has 0 radical (unpaired) electrons. The van der Waals surface area contributed by atoms with Crippen LogP contribution in [-0.4, -0.2) is 29.6 Å². The van der Waals surface area contributed by atoms with E-state index in [0.717, 1.165) is 6.54 Å². The molecule has 0 unspecified atom stereocenters. The van der Waals surface area contributed by atoms with Crippen LogP contribution in [0.4, 0.5) is 11.4 Å². The fraction of sp³-hybridized carbons (Fsp3) is 0.150. The van der Waals surface area contributed by atoms with Gasteiger partial charge in [0, 0.05) is 0 Å². The number of para-hydroxylation sites is 1. The van der Waals surface area contributed by atoms with Crippen molar-refractivity contribution in [1.82, 2.24) is 0 Å². The van der Waals surface area contributed by atoms with Gasteiger partial charge in [-0.2, -0.15) is 0 Å². The van der Waals surface area contributed by atoms with Gasteiger partial charge < -0.3 is 0 Å². The molecule has 2 aromatic rings. The minimum atomic E-state index is -1.78. The Kier molecular flexibility index (Phi) is 3.64. The molecule has 0 N–H and O–H groups in total. The number of benzene rings is 2. The summed E-state index contributed by atoms with van der Waals surface area (Å²) in [6.07, 6.45) is 6.60. The zero-order valence-corrected chi connectivity index (χ0v) is 15.8. The van der Waals surface area contributed by atoms with Gasteiger partial charge in [0.25, 0.3) is 0 Å². The maximum atomic E-state index is 3.95. The van der Waals surface area contributed by atoms with Gasteiger partial charge in [0.2, 0.25) is 0 Å². The van der Waals surface area contributed by atoms with Crippen molar-refractivity contribution in [2.75, 3.05) is 14.6 Å². The van der Waals surface area contributed by atoms with Gasteiger partial charge in [0.1, 0.15) is 0 Å². The molecule has 2 aliphatic heterocycles. The van der Waals surface area contributed by atoms with Gasteiger partial charge in [-0.05, 0) is 0 Å². The summed E-state index contributed by atoms with van der Waals surface area (Å²) < 4.78 is 5.61. The predicted molar refractivity (Wildman–Crippen MR) is 102 cm³/mol.